The summed E-state index contributed by atoms with van der Waals surface area (Å²) in [6, 6.07) is -0.723. The maximum Gasteiger partial charge on any atom is 0.433 e. The third-order valence-corrected chi connectivity index (χ3v) is 3.54. The minimum absolute atomic E-state index is 0.361. The third kappa shape index (κ3) is 6.50. The molecule has 0 aliphatic heterocycles. The number of rotatable bonds is 4. The van der Waals surface area contributed by atoms with Gasteiger partial charge in [-0.25, -0.2) is 19.9 Å². The van der Waals surface area contributed by atoms with Gasteiger partial charge in [0.15, 0.2) is 22.8 Å². The van der Waals surface area contributed by atoms with Crippen LogP contribution in [0.4, 0.5) is 76.5 Å². The average molecular weight is 540 g/mol. The average Bonchev–Trinajstić information content (AvgIpc) is 2.72. The monoisotopic (exact) mass is 540 g/mol. The van der Waals surface area contributed by atoms with Crippen molar-refractivity contribution in [3.63, 3.8) is 0 Å². The molecule has 0 aromatic carbocycles. The van der Waals surface area contributed by atoms with Gasteiger partial charge in [-0.2, -0.15) is 52.7 Å². The minimum atomic E-state index is -5.30. The molecule has 36 heavy (non-hydrogen) atoms. The first-order valence-corrected chi connectivity index (χ1v) is 8.51. The Hall–Kier alpha value is -4.14. The fourth-order valence-electron chi connectivity index (χ4n) is 2.12. The van der Waals surface area contributed by atoms with Crippen LogP contribution in [0.5, 0.6) is 0 Å². The molecular weight excluding hydrogens is 536 g/mol. The Bertz CT molecular complexity index is 1070. The second kappa shape index (κ2) is 8.82. The maximum absolute atomic E-state index is 12.8. The molecule has 0 spiro atoms. The van der Waals surface area contributed by atoms with Crippen LogP contribution >= 0.6 is 0 Å². The van der Waals surface area contributed by atoms with Crippen molar-refractivity contribution in [3.05, 3.63) is 34.9 Å². The van der Waals surface area contributed by atoms with E-state index in [1.54, 1.807) is 10.6 Å². The first kappa shape index (κ1) is 26.5. The van der Waals surface area contributed by atoms with Gasteiger partial charge in [-0.3, -0.25) is 10.6 Å². The van der Waals surface area contributed by atoms with Crippen LogP contribution in [0.15, 0.2) is 12.1 Å². The Kier molecular flexibility index (Phi) is 6.48. The van der Waals surface area contributed by atoms with Crippen molar-refractivity contribution in [2.24, 2.45) is 0 Å². The number of aromatic nitrogens is 8. The number of nitrogens with one attached hydrogen (secondary N) is 2. The molecule has 3 heterocycles. The van der Waals surface area contributed by atoms with Crippen molar-refractivity contribution in [3.8, 4) is 0 Å². The van der Waals surface area contributed by atoms with Gasteiger partial charge in [0.25, 0.3) is 11.9 Å². The molecule has 0 amide bonds. The quantitative estimate of drug-likeness (QED) is 0.460. The highest BCUT2D eigenvalue weighted by atomic mass is 19.4. The molecule has 10 nitrogen and oxygen atoms in total. The molecule has 2 N–H and O–H groups in total. The summed E-state index contributed by atoms with van der Waals surface area (Å²) in [5.74, 6) is -4.35. The Morgan fingerprint density at radius 3 is 0.806 bits per heavy atom. The Morgan fingerprint density at radius 1 is 0.389 bits per heavy atom. The van der Waals surface area contributed by atoms with E-state index < -0.39 is 71.3 Å². The predicted octanol–water partition coefficient (Wildman–Crippen LogP) is 4.41. The first-order chi connectivity index (χ1) is 16.3. The molecule has 0 unspecified atom stereocenters. The fourth-order valence-corrected chi connectivity index (χ4v) is 2.12. The van der Waals surface area contributed by atoms with Gasteiger partial charge in [-0.15, -0.1) is 20.4 Å². The summed E-state index contributed by atoms with van der Waals surface area (Å²) in [6.45, 7) is 0. The molecule has 3 aromatic rings. The minimum Gasteiger partial charge on any atom is -0.290 e. The molecule has 0 radical (unpaired) electrons. The van der Waals surface area contributed by atoms with Crippen LogP contribution in [0.3, 0.4) is 0 Å². The zero-order valence-electron chi connectivity index (χ0n) is 16.3. The van der Waals surface area contributed by atoms with Gasteiger partial charge >= 0.3 is 24.7 Å². The van der Waals surface area contributed by atoms with Gasteiger partial charge in [0.1, 0.15) is 0 Å². The van der Waals surface area contributed by atoms with E-state index in [1.807, 2.05) is 0 Å². The van der Waals surface area contributed by atoms with Gasteiger partial charge < -0.3 is 0 Å². The summed E-state index contributed by atoms with van der Waals surface area (Å²) in [5, 5.41) is 16.1. The van der Waals surface area contributed by atoms with E-state index in [9.17, 15) is 52.7 Å². The number of hydrogen-bond acceptors (Lipinski definition) is 10. The van der Waals surface area contributed by atoms with Crippen molar-refractivity contribution >= 4 is 23.8 Å². The molecule has 0 bridgehead atoms. The molecule has 0 atom stereocenters. The lowest BCUT2D eigenvalue weighted by Crippen LogP contribution is -2.18. The molecule has 0 saturated carbocycles. The summed E-state index contributed by atoms with van der Waals surface area (Å²) in [6.07, 6.45) is -21.2. The number of alkyl halides is 12. The molecular formula is C14H4F12N10. The van der Waals surface area contributed by atoms with Crippen LogP contribution < -0.4 is 10.6 Å². The second-order valence-electron chi connectivity index (χ2n) is 6.21. The molecule has 0 fully saturated rings. The molecule has 0 saturated heterocycles. The van der Waals surface area contributed by atoms with E-state index in [4.69, 9.17) is 0 Å². The number of anilines is 4. The van der Waals surface area contributed by atoms with Crippen molar-refractivity contribution in [2.75, 3.05) is 10.6 Å². The van der Waals surface area contributed by atoms with Gasteiger partial charge in [-0.05, 0) is 12.1 Å². The summed E-state index contributed by atoms with van der Waals surface area (Å²) >= 11 is 0. The smallest absolute Gasteiger partial charge is 0.290 e. The van der Waals surface area contributed by atoms with Crippen molar-refractivity contribution in [1.29, 1.82) is 0 Å². The summed E-state index contributed by atoms with van der Waals surface area (Å²) in [7, 11) is 0. The first-order valence-electron chi connectivity index (χ1n) is 8.51. The van der Waals surface area contributed by atoms with E-state index in [-0.39, 0.29) is 12.1 Å². The second-order valence-corrected chi connectivity index (χ2v) is 6.21. The molecule has 0 aliphatic carbocycles. The highest BCUT2D eigenvalue weighted by Crippen LogP contribution is 2.35. The topological polar surface area (TPSA) is 127 Å². The highest BCUT2D eigenvalue weighted by molar-refractivity contribution is 5.45. The van der Waals surface area contributed by atoms with Gasteiger partial charge in [-0.1, -0.05) is 0 Å². The van der Waals surface area contributed by atoms with Gasteiger partial charge in [0.2, 0.25) is 11.9 Å². The van der Waals surface area contributed by atoms with Crippen molar-refractivity contribution < 1.29 is 52.7 Å². The van der Waals surface area contributed by atoms with Crippen LogP contribution in [-0.2, 0) is 24.7 Å². The normalized spacial score (nSPS) is 13.0. The largest absolute Gasteiger partial charge is 0.433 e. The van der Waals surface area contributed by atoms with Gasteiger partial charge in [0.05, 0.1) is 0 Å². The van der Waals surface area contributed by atoms with E-state index in [0.717, 1.165) is 0 Å². The van der Waals surface area contributed by atoms with Crippen LogP contribution in [-0.4, -0.2) is 40.3 Å². The van der Waals surface area contributed by atoms with Crippen LogP contribution in [0.1, 0.15) is 22.8 Å². The van der Waals surface area contributed by atoms with E-state index >= 15 is 0 Å². The Balaban J connectivity index is 1.87. The third-order valence-electron chi connectivity index (χ3n) is 3.54. The van der Waals surface area contributed by atoms with Crippen LogP contribution in [0, 0.1) is 0 Å². The lowest BCUT2D eigenvalue weighted by atomic mass is 10.3. The zero-order chi connectivity index (χ0) is 27.1. The van der Waals surface area contributed by atoms with Crippen molar-refractivity contribution in [2.45, 2.75) is 24.7 Å². The summed E-state index contributed by atoms with van der Waals surface area (Å²) in [5.41, 5.74) is -7.91. The van der Waals surface area contributed by atoms with E-state index in [2.05, 4.69) is 40.3 Å². The highest BCUT2D eigenvalue weighted by Gasteiger charge is 2.41. The predicted molar refractivity (Wildman–Crippen MR) is 88.3 cm³/mol. The number of hydrogen-bond donors (Lipinski definition) is 2. The van der Waals surface area contributed by atoms with Crippen LogP contribution in [0.2, 0.25) is 0 Å². The number of halogens is 12. The molecule has 3 aromatic heterocycles. The summed E-state index contributed by atoms with van der Waals surface area (Å²) < 4.78 is 154. The van der Waals surface area contributed by atoms with Crippen molar-refractivity contribution in [1.82, 2.24) is 40.3 Å². The van der Waals surface area contributed by atoms with Gasteiger partial charge in [0, 0.05) is 0 Å². The molecule has 22 heteroatoms. The summed E-state index contributed by atoms with van der Waals surface area (Å²) in [4.78, 5) is 11.4. The molecule has 194 valence electrons. The van der Waals surface area contributed by atoms with E-state index in [0.29, 0.717) is 0 Å². The fraction of sp³-hybridized carbons (Fsp3) is 0.286. The lowest BCUT2D eigenvalue weighted by molar-refractivity contribution is -0.149. The lowest BCUT2D eigenvalue weighted by Gasteiger charge is -2.13. The number of nitrogens with zero attached hydrogens (tertiary/aromatic N) is 8. The van der Waals surface area contributed by atoms with E-state index in [1.165, 1.54) is 0 Å². The standard InChI is InChI=1S/C14H4F12N10/c15-11(16,17)3-1-4(12(18,19)20)28-7(27-3)31-9-33-35-10(36-34-9)32-8-29-5(13(21,22)23)2-6(30-8)14(24,25)26/h1-2H,(H,27,28,31,33,34)(H,29,30,32,35,36). The SMILES string of the molecule is FC(F)(F)c1cc(C(F)(F)F)nc(Nc2nnc(Nc3nc(C(F)(F)F)cc(C(F)(F)F)n3)nn2)n1. The van der Waals surface area contributed by atoms with Crippen LogP contribution in [0.25, 0.3) is 0 Å². The molecule has 0 aliphatic rings. The molecule has 3 rings (SSSR count). The zero-order valence-corrected chi connectivity index (χ0v) is 16.3. The maximum atomic E-state index is 12.8. The Labute approximate surface area is 188 Å². The Morgan fingerprint density at radius 2 is 0.611 bits per heavy atom.